The van der Waals surface area contributed by atoms with Gasteiger partial charge < -0.3 is 10.1 Å². The second-order valence-electron chi connectivity index (χ2n) is 5.85. The number of halogens is 1. The number of ether oxygens (including phenoxy) is 1. The van der Waals surface area contributed by atoms with Crippen LogP contribution in [0.4, 0.5) is 5.69 Å². The maximum atomic E-state index is 12.1. The molecule has 0 aliphatic rings. The first-order valence-corrected chi connectivity index (χ1v) is 9.69. The molecule has 2 aromatic rings. The second kappa shape index (κ2) is 8.51. The number of carbonyl (C=O) groups excluding carboxylic acids is 2. The molecule has 0 unspecified atom stereocenters. The van der Waals surface area contributed by atoms with E-state index in [4.69, 9.17) is 16.3 Å². The lowest BCUT2D eigenvalue weighted by molar-refractivity contribution is -0.118. The molecule has 0 aromatic heterocycles. The van der Waals surface area contributed by atoms with Gasteiger partial charge in [0.15, 0.2) is 12.4 Å². The van der Waals surface area contributed by atoms with E-state index in [0.717, 1.165) is 4.31 Å². The van der Waals surface area contributed by atoms with Crippen LogP contribution < -0.4 is 10.1 Å². The first-order chi connectivity index (χ1) is 12.6. The fourth-order valence-electron chi connectivity index (χ4n) is 2.13. The molecule has 0 saturated carbocycles. The summed E-state index contributed by atoms with van der Waals surface area (Å²) in [6.45, 7) is 1.11. The molecule has 0 aliphatic heterocycles. The van der Waals surface area contributed by atoms with Gasteiger partial charge in [-0.15, -0.1) is 0 Å². The van der Waals surface area contributed by atoms with Gasteiger partial charge in [-0.05, 0) is 37.3 Å². The highest BCUT2D eigenvalue weighted by Crippen LogP contribution is 2.28. The minimum Gasteiger partial charge on any atom is -0.482 e. The van der Waals surface area contributed by atoms with Gasteiger partial charge >= 0.3 is 0 Å². The summed E-state index contributed by atoms with van der Waals surface area (Å²) >= 11 is 6.06. The number of nitrogens with zero attached hydrogens (tertiary/aromatic N) is 1. The topological polar surface area (TPSA) is 92.8 Å². The minimum absolute atomic E-state index is 0.0235. The number of sulfonamides is 1. The molecule has 0 saturated heterocycles. The smallest absolute Gasteiger partial charge is 0.262 e. The lowest BCUT2D eigenvalue weighted by Crippen LogP contribution is -2.22. The van der Waals surface area contributed by atoms with E-state index >= 15 is 0 Å². The number of nitrogens with one attached hydrogen (secondary N) is 1. The van der Waals surface area contributed by atoms with Crippen LogP contribution in [-0.4, -0.2) is 45.1 Å². The van der Waals surface area contributed by atoms with E-state index in [1.54, 1.807) is 24.3 Å². The van der Waals surface area contributed by atoms with Gasteiger partial charge in [0, 0.05) is 25.3 Å². The molecular weight excluding hydrogens is 392 g/mol. The van der Waals surface area contributed by atoms with Crippen LogP contribution in [0.15, 0.2) is 47.4 Å². The van der Waals surface area contributed by atoms with E-state index in [9.17, 15) is 18.0 Å². The van der Waals surface area contributed by atoms with E-state index in [0.29, 0.717) is 11.3 Å². The van der Waals surface area contributed by atoms with E-state index in [-0.39, 0.29) is 28.1 Å². The van der Waals surface area contributed by atoms with Gasteiger partial charge in [-0.3, -0.25) is 9.59 Å². The van der Waals surface area contributed by atoms with Gasteiger partial charge in [-0.1, -0.05) is 23.7 Å². The number of anilines is 1. The normalized spacial score (nSPS) is 11.3. The Morgan fingerprint density at radius 3 is 2.44 bits per heavy atom. The molecule has 0 fully saturated rings. The van der Waals surface area contributed by atoms with Crippen LogP contribution in [0, 0.1) is 0 Å². The van der Waals surface area contributed by atoms with Gasteiger partial charge in [-0.25, -0.2) is 12.7 Å². The summed E-state index contributed by atoms with van der Waals surface area (Å²) in [5.41, 5.74) is 0.948. The Hall–Kier alpha value is -2.42. The zero-order valence-electron chi connectivity index (χ0n) is 15.0. The summed E-state index contributed by atoms with van der Waals surface area (Å²) in [6, 6.07) is 10.5. The molecule has 0 atom stereocenters. The van der Waals surface area contributed by atoms with Gasteiger partial charge in [0.25, 0.3) is 5.91 Å². The van der Waals surface area contributed by atoms with Crippen molar-refractivity contribution in [3.05, 3.63) is 53.1 Å². The van der Waals surface area contributed by atoms with E-state index in [1.807, 2.05) is 0 Å². The van der Waals surface area contributed by atoms with Crippen molar-refractivity contribution in [2.24, 2.45) is 0 Å². The van der Waals surface area contributed by atoms with Crippen LogP contribution in [0.2, 0.25) is 5.02 Å². The van der Waals surface area contributed by atoms with Crippen LogP contribution >= 0.6 is 11.6 Å². The number of hydrogen-bond donors (Lipinski definition) is 1. The van der Waals surface area contributed by atoms with Crippen molar-refractivity contribution in [1.82, 2.24) is 4.31 Å². The Morgan fingerprint density at radius 1 is 1.15 bits per heavy atom. The predicted molar refractivity (Wildman–Crippen MR) is 103 cm³/mol. The molecule has 2 rings (SSSR count). The third-order valence-corrected chi connectivity index (χ3v) is 5.70. The number of benzene rings is 2. The molecule has 27 heavy (non-hydrogen) atoms. The first kappa shape index (κ1) is 20.9. The molecule has 144 valence electrons. The molecular formula is C18H19ClN2O5S. The van der Waals surface area contributed by atoms with Crippen LogP contribution in [0.1, 0.15) is 17.3 Å². The van der Waals surface area contributed by atoms with Crippen molar-refractivity contribution in [2.45, 2.75) is 11.8 Å². The second-order valence-corrected chi connectivity index (χ2v) is 8.41. The average molecular weight is 411 g/mol. The Bertz CT molecular complexity index is 973. The van der Waals surface area contributed by atoms with E-state index < -0.39 is 15.9 Å². The molecule has 2 aromatic carbocycles. The Kier molecular flexibility index (Phi) is 6.59. The van der Waals surface area contributed by atoms with Crippen molar-refractivity contribution in [3.63, 3.8) is 0 Å². The SMILES string of the molecule is CC(=O)c1cccc(NC(=O)COc2ccc(S(=O)(=O)N(C)C)cc2Cl)c1. The Labute approximate surface area is 162 Å². The van der Waals surface area contributed by atoms with Gasteiger partial charge in [0.05, 0.1) is 9.92 Å². The number of ketones is 1. The number of carbonyl (C=O) groups is 2. The summed E-state index contributed by atoms with van der Waals surface area (Å²) in [7, 11) is -0.781. The number of hydrogen-bond acceptors (Lipinski definition) is 5. The fourth-order valence-corrected chi connectivity index (χ4v) is 3.35. The summed E-state index contributed by atoms with van der Waals surface area (Å²) < 4.78 is 30.6. The lowest BCUT2D eigenvalue weighted by Gasteiger charge is -2.13. The van der Waals surface area contributed by atoms with Crippen molar-refractivity contribution >= 4 is 39.0 Å². The van der Waals surface area contributed by atoms with E-state index in [1.165, 1.54) is 39.2 Å². The monoisotopic (exact) mass is 410 g/mol. The maximum absolute atomic E-state index is 12.1. The highest BCUT2D eigenvalue weighted by atomic mass is 35.5. The van der Waals surface area contributed by atoms with Crippen LogP contribution in [0.3, 0.4) is 0 Å². The summed E-state index contributed by atoms with van der Waals surface area (Å²) in [6.07, 6.45) is 0. The van der Waals surface area contributed by atoms with Gasteiger partial charge in [-0.2, -0.15) is 0 Å². The lowest BCUT2D eigenvalue weighted by atomic mass is 10.1. The van der Waals surface area contributed by atoms with Crippen LogP contribution in [0.5, 0.6) is 5.75 Å². The fraction of sp³-hybridized carbons (Fsp3) is 0.222. The highest BCUT2D eigenvalue weighted by Gasteiger charge is 2.19. The summed E-state index contributed by atoms with van der Waals surface area (Å²) in [5, 5.41) is 2.69. The Morgan fingerprint density at radius 2 is 1.85 bits per heavy atom. The molecule has 0 bridgehead atoms. The molecule has 0 spiro atoms. The predicted octanol–water partition coefficient (Wildman–Crippen LogP) is 2.81. The molecule has 7 nitrogen and oxygen atoms in total. The zero-order valence-corrected chi connectivity index (χ0v) is 16.6. The largest absolute Gasteiger partial charge is 0.482 e. The number of Topliss-reactive ketones (excluding diaryl/α,β-unsaturated/α-hetero) is 1. The first-order valence-electron chi connectivity index (χ1n) is 7.87. The van der Waals surface area contributed by atoms with Crippen LogP contribution in [0.25, 0.3) is 0 Å². The zero-order chi connectivity index (χ0) is 20.2. The van der Waals surface area contributed by atoms with Crippen LogP contribution in [-0.2, 0) is 14.8 Å². The van der Waals surface area contributed by atoms with Crippen molar-refractivity contribution in [3.8, 4) is 5.75 Å². The van der Waals surface area contributed by atoms with Gasteiger partial charge in [0.1, 0.15) is 5.75 Å². The van der Waals surface area contributed by atoms with Crippen molar-refractivity contribution in [2.75, 3.05) is 26.0 Å². The summed E-state index contributed by atoms with van der Waals surface area (Å²) in [5.74, 6) is -0.374. The number of rotatable bonds is 7. The van der Waals surface area contributed by atoms with E-state index in [2.05, 4.69) is 5.32 Å². The van der Waals surface area contributed by atoms with Crippen molar-refractivity contribution < 1.29 is 22.7 Å². The average Bonchev–Trinajstić information content (AvgIpc) is 2.60. The molecule has 1 N–H and O–H groups in total. The Balaban J connectivity index is 2.03. The highest BCUT2D eigenvalue weighted by molar-refractivity contribution is 7.89. The molecule has 0 radical (unpaired) electrons. The van der Waals surface area contributed by atoms with Gasteiger partial charge in [0.2, 0.25) is 10.0 Å². The third-order valence-electron chi connectivity index (χ3n) is 3.59. The summed E-state index contributed by atoms with van der Waals surface area (Å²) in [4.78, 5) is 23.4. The standard InChI is InChI=1S/C18H19ClN2O5S/c1-12(22)13-5-4-6-14(9-13)20-18(23)11-26-17-8-7-15(10-16(17)19)27(24,25)21(2)3/h4-10H,11H2,1-3H3,(H,20,23). The quantitative estimate of drug-likeness (QED) is 0.708. The minimum atomic E-state index is -3.61. The molecule has 0 heterocycles. The molecule has 0 aliphatic carbocycles. The molecule has 1 amide bonds. The third kappa shape index (κ3) is 5.29. The number of amides is 1. The maximum Gasteiger partial charge on any atom is 0.262 e. The molecule has 9 heteroatoms. The van der Waals surface area contributed by atoms with Crippen molar-refractivity contribution in [1.29, 1.82) is 0 Å².